The molecule has 0 bridgehead atoms. The number of nitrogens with zero attached hydrogens (tertiary/aromatic N) is 8. The van der Waals surface area contributed by atoms with E-state index in [-0.39, 0.29) is 19.2 Å². The maximum Gasteiger partial charge on any atom is 0.315 e. The Labute approximate surface area is 430 Å². The van der Waals surface area contributed by atoms with Crippen molar-refractivity contribution in [2.75, 3.05) is 27.9 Å². The van der Waals surface area contributed by atoms with Crippen LogP contribution in [0.25, 0.3) is 56.1 Å². The number of hydrogen-bond acceptors (Lipinski definition) is 14. The van der Waals surface area contributed by atoms with Gasteiger partial charge in [0.1, 0.15) is 23.9 Å². The van der Waals surface area contributed by atoms with Gasteiger partial charge in [0.15, 0.2) is 23.3 Å². The molecule has 0 unspecified atom stereocenters. The van der Waals surface area contributed by atoms with Crippen molar-refractivity contribution in [3.8, 4) is 45.0 Å². The van der Waals surface area contributed by atoms with E-state index in [1.54, 1.807) is 40.5 Å². The van der Waals surface area contributed by atoms with Gasteiger partial charge in [-0.15, -0.1) is 10.2 Å². The molecular weight excluding hydrogens is 949 g/mol. The summed E-state index contributed by atoms with van der Waals surface area (Å²) in [6.07, 6.45) is 9.24. The van der Waals surface area contributed by atoms with Crippen LogP contribution in [0.1, 0.15) is 30.9 Å². The highest BCUT2D eigenvalue weighted by Crippen LogP contribution is 2.33. The summed E-state index contributed by atoms with van der Waals surface area (Å²) in [5, 5.41) is 21.7. The van der Waals surface area contributed by atoms with Crippen molar-refractivity contribution < 1.29 is 23.9 Å². The van der Waals surface area contributed by atoms with Crippen LogP contribution in [0.15, 0.2) is 183 Å². The van der Waals surface area contributed by atoms with Gasteiger partial charge in [0.25, 0.3) is 0 Å². The molecule has 4 aromatic carbocycles. The molecule has 0 saturated carbocycles. The fourth-order valence-electron chi connectivity index (χ4n) is 7.98. The number of primary amides is 1. The van der Waals surface area contributed by atoms with Gasteiger partial charge >= 0.3 is 5.97 Å². The average molecular weight is 1000 g/mol. The second kappa shape index (κ2) is 24.3. The minimum atomic E-state index is -0.707. The molecule has 19 heteroatoms. The molecule has 0 aliphatic rings. The quantitative estimate of drug-likeness (QED) is 0.0367. The fraction of sp³-hybridized carbons (Fsp3) is 0.107. The van der Waals surface area contributed by atoms with Crippen molar-refractivity contribution in [2.24, 2.45) is 5.73 Å². The monoisotopic (exact) mass is 1000 g/mol. The van der Waals surface area contributed by atoms with Gasteiger partial charge in [0.2, 0.25) is 17.7 Å². The lowest BCUT2D eigenvalue weighted by atomic mass is 10.1. The summed E-state index contributed by atoms with van der Waals surface area (Å²) in [7, 11) is 0. The molecular formula is C56H52N14O5. The van der Waals surface area contributed by atoms with Gasteiger partial charge in [0.05, 0.1) is 30.4 Å². The topological polar surface area (TPSA) is 273 Å². The number of hydrogen-bond donors (Lipinski definition) is 6. The number of fused-ring (bicyclic) bond motifs is 2. The molecule has 19 nitrogen and oxygen atoms in total. The first-order valence-electron chi connectivity index (χ1n) is 23.6. The molecule has 0 spiro atoms. The van der Waals surface area contributed by atoms with Gasteiger partial charge in [-0.05, 0) is 53.4 Å². The zero-order valence-corrected chi connectivity index (χ0v) is 40.8. The molecule has 75 heavy (non-hydrogen) atoms. The first-order valence-corrected chi connectivity index (χ1v) is 23.6. The van der Waals surface area contributed by atoms with Gasteiger partial charge < -0.3 is 37.9 Å². The highest BCUT2D eigenvalue weighted by atomic mass is 16.5. The van der Waals surface area contributed by atoms with Gasteiger partial charge in [-0.3, -0.25) is 29.1 Å². The molecule has 0 saturated heterocycles. The Kier molecular flexibility index (Phi) is 16.6. The van der Waals surface area contributed by atoms with E-state index in [0.717, 1.165) is 44.4 Å². The second-order valence-electron chi connectivity index (χ2n) is 16.7. The first kappa shape index (κ1) is 51.2. The van der Waals surface area contributed by atoms with E-state index < -0.39 is 30.1 Å². The first-order chi connectivity index (χ1) is 36.2. The van der Waals surface area contributed by atoms with E-state index >= 15 is 0 Å². The van der Waals surface area contributed by atoms with E-state index in [1.165, 1.54) is 12.4 Å². The van der Waals surface area contributed by atoms with Crippen LogP contribution in [0.5, 0.6) is 0 Å². The summed E-state index contributed by atoms with van der Waals surface area (Å²) >= 11 is 0. The van der Waals surface area contributed by atoms with Crippen LogP contribution >= 0.6 is 0 Å². The van der Waals surface area contributed by atoms with Crippen LogP contribution in [0.2, 0.25) is 0 Å². The van der Waals surface area contributed by atoms with Crippen molar-refractivity contribution in [1.82, 2.24) is 45.3 Å². The Morgan fingerprint density at radius 1 is 0.533 bits per heavy atom. The molecule has 10 aromatic rings. The normalized spacial score (nSPS) is 10.6. The van der Waals surface area contributed by atoms with Crippen LogP contribution in [-0.2, 0) is 37.0 Å². The maximum absolute atomic E-state index is 12.2. The summed E-state index contributed by atoms with van der Waals surface area (Å²) in [5.74, 6) is -0.109. The number of pyridine rings is 2. The van der Waals surface area contributed by atoms with E-state index in [4.69, 9.17) is 30.6 Å². The number of benzene rings is 4. The lowest BCUT2D eigenvalue weighted by Gasteiger charge is -2.12. The summed E-state index contributed by atoms with van der Waals surface area (Å²) in [5.41, 5.74) is 15.2. The summed E-state index contributed by atoms with van der Waals surface area (Å²) < 4.78 is 8.42. The number of ether oxygens (including phenoxy) is 1. The molecule has 6 aromatic heterocycles. The largest absolute Gasteiger partial charge is 0.466 e. The van der Waals surface area contributed by atoms with Gasteiger partial charge in [-0.1, -0.05) is 121 Å². The highest BCUT2D eigenvalue weighted by Gasteiger charge is 2.19. The average Bonchev–Trinajstić information content (AvgIpc) is 4.06. The molecule has 0 fully saturated rings. The van der Waals surface area contributed by atoms with E-state index in [2.05, 4.69) is 55.5 Å². The number of nitrogens with two attached hydrogens (primary N) is 1. The Balaban J connectivity index is 0.000000197. The van der Waals surface area contributed by atoms with E-state index in [9.17, 15) is 19.2 Å². The minimum absolute atomic E-state index is 0. The predicted octanol–water partition coefficient (Wildman–Crippen LogP) is 9.01. The Hall–Kier alpha value is -10.1. The number of esters is 1. The number of amides is 3. The van der Waals surface area contributed by atoms with Crippen LogP contribution < -0.4 is 33.2 Å². The third-order valence-corrected chi connectivity index (χ3v) is 11.3. The molecule has 0 radical (unpaired) electrons. The standard InChI is InChI=1S/C29H26N6O3.C27H23N7O2.H3N/c1-2-38-26(37)16-25(36)32-23-15-22(18-30-19-23)28-33-29(31-17-20-9-5-3-6-10-20)27-24(13-14-35(27)34-28)21-11-7-4-8-12-21;28-23(35)14-24(36)31-21-13-20(16-29-17-21)26-32-27(30-15-18-7-3-1-4-8-18)25-22(11-12-34(25)33-26)19-9-5-2-6-10-19;/h3-15,18-19H,2,16-17H2,1H3,(H,32,36)(H,31,33,34);1-13,16-17H,14-15H2,(H2,28,35)(H,31,36)(H,30,32,33);1H3. The van der Waals surface area contributed by atoms with E-state index in [0.29, 0.717) is 58.9 Å². The van der Waals surface area contributed by atoms with Crippen molar-refractivity contribution >= 4 is 57.7 Å². The molecule has 9 N–H and O–H groups in total. The van der Waals surface area contributed by atoms with Gasteiger partial charge in [-0.25, -0.2) is 19.0 Å². The third kappa shape index (κ3) is 13.0. The van der Waals surface area contributed by atoms with Crippen LogP contribution in [0, 0.1) is 0 Å². The molecule has 10 rings (SSSR count). The van der Waals surface area contributed by atoms with Crippen LogP contribution in [-0.4, -0.2) is 69.5 Å². The molecule has 0 aliphatic carbocycles. The number of carbonyl (C=O) groups excluding carboxylic acids is 4. The van der Waals surface area contributed by atoms with Crippen LogP contribution in [0.4, 0.5) is 23.0 Å². The van der Waals surface area contributed by atoms with Gasteiger partial charge in [-0.2, -0.15) is 0 Å². The fourth-order valence-corrected chi connectivity index (χ4v) is 7.98. The predicted molar refractivity (Wildman–Crippen MR) is 288 cm³/mol. The van der Waals surface area contributed by atoms with Crippen molar-refractivity contribution in [2.45, 2.75) is 32.9 Å². The maximum atomic E-state index is 12.2. The Bertz CT molecular complexity index is 3580. The summed E-state index contributed by atoms with van der Waals surface area (Å²) in [4.78, 5) is 65.1. The smallest absolute Gasteiger partial charge is 0.315 e. The summed E-state index contributed by atoms with van der Waals surface area (Å²) in [6.45, 7) is 3.06. The SMILES string of the molecule is CCOC(=O)CC(=O)Nc1cncc(-c2nc(NCc3ccccc3)c3c(-c4ccccc4)ccn3n2)c1.N.NC(=O)CC(=O)Nc1cncc(-c2nc(NCc3ccccc3)c3c(-c4ccccc4)ccn3n2)c1. The minimum Gasteiger partial charge on any atom is -0.466 e. The lowest BCUT2D eigenvalue weighted by molar-refractivity contribution is -0.145. The number of anilines is 4. The molecule has 0 aliphatic heterocycles. The number of rotatable bonds is 17. The molecule has 6 heterocycles. The van der Waals surface area contributed by atoms with Crippen molar-refractivity contribution in [1.29, 1.82) is 0 Å². The van der Waals surface area contributed by atoms with Crippen molar-refractivity contribution in [3.63, 3.8) is 0 Å². The zero-order valence-electron chi connectivity index (χ0n) is 40.8. The van der Waals surface area contributed by atoms with Gasteiger partial charge in [0, 0.05) is 60.1 Å². The Morgan fingerprint density at radius 2 is 0.947 bits per heavy atom. The highest BCUT2D eigenvalue weighted by molar-refractivity contribution is 6.03. The van der Waals surface area contributed by atoms with Crippen LogP contribution in [0.3, 0.4) is 0 Å². The van der Waals surface area contributed by atoms with E-state index in [1.807, 2.05) is 122 Å². The number of aromatic nitrogens is 8. The number of carbonyl (C=O) groups is 4. The summed E-state index contributed by atoms with van der Waals surface area (Å²) in [6, 6.07) is 47.7. The second-order valence-corrected chi connectivity index (χ2v) is 16.7. The number of nitrogens with one attached hydrogen (secondary N) is 4. The lowest BCUT2D eigenvalue weighted by Crippen LogP contribution is -2.21. The molecule has 0 atom stereocenters. The zero-order chi connectivity index (χ0) is 51.2. The van der Waals surface area contributed by atoms with Crippen molar-refractivity contribution in [3.05, 3.63) is 194 Å². The Morgan fingerprint density at radius 3 is 1.36 bits per heavy atom. The molecule has 376 valence electrons. The molecule has 3 amide bonds. The third-order valence-electron chi connectivity index (χ3n) is 11.3.